The molecule has 116 valence electrons. The number of amides is 1. The van der Waals surface area contributed by atoms with Gasteiger partial charge in [0.25, 0.3) is 0 Å². The Morgan fingerprint density at radius 1 is 1.00 bits per heavy atom. The average molecular weight is 287 g/mol. The van der Waals surface area contributed by atoms with Crippen molar-refractivity contribution in [2.24, 2.45) is 0 Å². The molecule has 0 aromatic heterocycles. The molecule has 0 saturated heterocycles. The van der Waals surface area contributed by atoms with Gasteiger partial charge in [-0.15, -0.1) is 0 Å². The van der Waals surface area contributed by atoms with Gasteiger partial charge in [-0.3, -0.25) is 4.79 Å². The molecule has 21 heavy (non-hydrogen) atoms. The van der Waals surface area contributed by atoms with Crippen molar-refractivity contribution in [1.82, 2.24) is 4.90 Å². The van der Waals surface area contributed by atoms with Crippen molar-refractivity contribution >= 4 is 12.0 Å². The van der Waals surface area contributed by atoms with Gasteiger partial charge in [0, 0.05) is 18.2 Å². The highest BCUT2D eigenvalue weighted by molar-refractivity contribution is 5.92. The molecule has 0 radical (unpaired) electrons. The second-order valence-corrected chi connectivity index (χ2v) is 7.14. The Morgan fingerprint density at radius 2 is 1.48 bits per heavy atom. The molecule has 0 heterocycles. The standard InChI is InChI=1S/C19H29NO/c1-14(2)20(15(3)4)18(21)13-10-16-8-11-17(12-9-16)19(5,6)7/h8-15H,1-7H3. The Morgan fingerprint density at radius 3 is 1.86 bits per heavy atom. The van der Waals surface area contributed by atoms with Crippen LogP contribution in [-0.4, -0.2) is 22.9 Å². The number of hydrogen-bond acceptors (Lipinski definition) is 1. The van der Waals surface area contributed by atoms with Gasteiger partial charge in [0.1, 0.15) is 0 Å². The predicted molar refractivity (Wildman–Crippen MR) is 91.3 cm³/mol. The van der Waals surface area contributed by atoms with Crippen LogP contribution < -0.4 is 0 Å². The monoisotopic (exact) mass is 287 g/mol. The Hall–Kier alpha value is -1.57. The largest absolute Gasteiger partial charge is 0.334 e. The fraction of sp³-hybridized carbons (Fsp3) is 0.526. The van der Waals surface area contributed by atoms with E-state index in [9.17, 15) is 4.79 Å². The summed E-state index contributed by atoms with van der Waals surface area (Å²) in [5, 5.41) is 0. The van der Waals surface area contributed by atoms with Gasteiger partial charge in [0.2, 0.25) is 5.91 Å². The van der Waals surface area contributed by atoms with Gasteiger partial charge in [-0.2, -0.15) is 0 Å². The SMILES string of the molecule is CC(C)N(C(=O)C=Cc1ccc(C(C)(C)C)cc1)C(C)C. The summed E-state index contributed by atoms with van der Waals surface area (Å²) in [6, 6.07) is 8.83. The van der Waals surface area contributed by atoms with Crippen molar-refractivity contribution in [3.63, 3.8) is 0 Å². The van der Waals surface area contributed by atoms with Crippen molar-refractivity contribution in [3.05, 3.63) is 41.5 Å². The van der Waals surface area contributed by atoms with E-state index < -0.39 is 0 Å². The van der Waals surface area contributed by atoms with Crippen LogP contribution in [0.25, 0.3) is 6.08 Å². The number of benzene rings is 1. The first-order valence-electron chi connectivity index (χ1n) is 7.74. The summed E-state index contributed by atoms with van der Waals surface area (Å²) >= 11 is 0. The van der Waals surface area contributed by atoms with Crippen LogP contribution in [0.3, 0.4) is 0 Å². The zero-order valence-corrected chi connectivity index (χ0v) is 14.5. The molecule has 0 atom stereocenters. The first-order valence-corrected chi connectivity index (χ1v) is 7.74. The number of nitrogens with zero attached hydrogens (tertiary/aromatic N) is 1. The van der Waals surface area contributed by atoms with Crippen LogP contribution in [0, 0.1) is 0 Å². The van der Waals surface area contributed by atoms with Crippen LogP contribution in [0.4, 0.5) is 0 Å². The molecule has 0 unspecified atom stereocenters. The minimum absolute atomic E-state index is 0.0693. The third-order valence-corrected chi connectivity index (χ3v) is 3.56. The number of carbonyl (C=O) groups excluding carboxylic acids is 1. The number of carbonyl (C=O) groups is 1. The maximum atomic E-state index is 12.3. The summed E-state index contributed by atoms with van der Waals surface area (Å²) in [4.78, 5) is 14.2. The maximum Gasteiger partial charge on any atom is 0.247 e. The summed E-state index contributed by atoms with van der Waals surface area (Å²) in [7, 11) is 0. The van der Waals surface area contributed by atoms with E-state index in [1.54, 1.807) is 6.08 Å². The Bertz CT molecular complexity index is 481. The molecule has 0 aliphatic carbocycles. The fourth-order valence-electron chi connectivity index (χ4n) is 2.45. The van der Waals surface area contributed by atoms with Gasteiger partial charge < -0.3 is 4.90 Å². The summed E-state index contributed by atoms with van der Waals surface area (Å²) in [5.74, 6) is 0.0693. The quantitative estimate of drug-likeness (QED) is 0.739. The molecule has 2 nitrogen and oxygen atoms in total. The Kier molecular flexibility index (Phi) is 5.77. The zero-order valence-electron chi connectivity index (χ0n) is 14.5. The molecular weight excluding hydrogens is 258 g/mol. The molecule has 1 rings (SSSR count). The molecule has 0 bridgehead atoms. The molecule has 2 heteroatoms. The normalized spacial score (nSPS) is 12.4. The van der Waals surface area contributed by atoms with Crippen LogP contribution >= 0.6 is 0 Å². The van der Waals surface area contributed by atoms with Gasteiger partial charge >= 0.3 is 0 Å². The lowest BCUT2D eigenvalue weighted by molar-refractivity contribution is -0.129. The third kappa shape index (κ3) is 5.04. The van der Waals surface area contributed by atoms with Crippen LogP contribution in [-0.2, 0) is 10.2 Å². The Balaban J connectivity index is 2.83. The maximum absolute atomic E-state index is 12.3. The van der Waals surface area contributed by atoms with E-state index in [0.29, 0.717) is 0 Å². The first kappa shape index (κ1) is 17.5. The molecule has 0 spiro atoms. The Labute approximate surface area is 129 Å². The minimum Gasteiger partial charge on any atom is -0.334 e. The van der Waals surface area contributed by atoms with Gasteiger partial charge in [0.15, 0.2) is 0 Å². The van der Waals surface area contributed by atoms with Crippen LogP contribution in [0.15, 0.2) is 30.3 Å². The summed E-state index contributed by atoms with van der Waals surface area (Å²) in [6.45, 7) is 14.8. The molecule has 0 N–H and O–H groups in total. The van der Waals surface area contributed by atoms with E-state index in [1.165, 1.54) is 5.56 Å². The van der Waals surface area contributed by atoms with Crippen molar-refractivity contribution in [3.8, 4) is 0 Å². The van der Waals surface area contributed by atoms with Crippen molar-refractivity contribution in [1.29, 1.82) is 0 Å². The lowest BCUT2D eigenvalue weighted by Gasteiger charge is -2.29. The van der Waals surface area contributed by atoms with Crippen LogP contribution in [0.1, 0.15) is 59.6 Å². The predicted octanol–water partition coefficient (Wildman–Crippen LogP) is 4.64. The van der Waals surface area contributed by atoms with Gasteiger partial charge in [-0.25, -0.2) is 0 Å². The lowest BCUT2D eigenvalue weighted by Crippen LogP contribution is -2.41. The van der Waals surface area contributed by atoms with E-state index in [2.05, 4.69) is 45.0 Å². The molecule has 0 fully saturated rings. The highest BCUT2D eigenvalue weighted by atomic mass is 16.2. The molecule has 1 aromatic rings. The molecule has 0 saturated carbocycles. The second-order valence-electron chi connectivity index (χ2n) is 7.14. The van der Waals surface area contributed by atoms with Crippen molar-refractivity contribution in [2.45, 2.75) is 66.0 Å². The summed E-state index contributed by atoms with van der Waals surface area (Å²) in [6.07, 6.45) is 3.57. The smallest absolute Gasteiger partial charge is 0.247 e. The number of hydrogen-bond donors (Lipinski definition) is 0. The van der Waals surface area contributed by atoms with E-state index in [1.807, 2.05) is 38.7 Å². The number of rotatable bonds is 4. The highest BCUT2D eigenvalue weighted by Gasteiger charge is 2.17. The molecule has 0 aliphatic rings. The van der Waals surface area contributed by atoms with E-state index in [4.69, 9.17) is 0 Å². The van der Waals surface area contributed by atoms with Crippen molar-refractivity contribution in [2.75, 3.05) is 0 Å². The summed E-state index contributed by atoms with van der Waals surface area (Å²) in [5.41, 5.74) is 2.52. The minimum atomic E-state index is 0.0693. The topological polar surface area (TPSA) is 20.3 Å². The van der Waals surface area contributed by atoms with E-state index >= 15 is 0 Å². The summed E-state index contributed by atoms with van der Waals surface area (Å²) < 4.78 is 0. The lowest BCUT2D eigenvalue weighted by atomic mass is 9.87. The van der Waals surface area contributed by atoms with Crippen LogP contribution in [0.2, 0.25) is 0 Å². The van der Waals surface area contributed by atoms with Gasteiger partial charge in [-0.05, 0) is 50.3 Å². The molecular formula is C19H29NO. The fourth-order valence-corrected chi connectivity index (χ4v) is 2.45. The van der Waals surface area contributed by atoms with E-state index in [0.717, 1.165) is 5.56 Å². The van der Waals surface area contributed by atoms with Gasteiger partial charge in [-0.1, -0.05) is 45.0 Å². The average Bonchev–Trinajstić information content (AvgIpc) is 2.35. The van der Waals surface area contributed by atoms with Crippen molar-refractivity contribution < 1.29 is 4.79 Å². The molecule has 0 aliphatic heterocycles. The highest BCUT2D eigenvalue weighted by Crippen LogP contribution is 2.22. The molecule has 1 aromatic carbocycles. The van der Waals surface area contributed by atoms with Crippen LogP contribution in [0.5, 0.6) is 0 Å². The zero-order chi connectivity index (χ0) is 16.2. The third-order valence-electron chi connectivity index (χ3n) is 3.56. The van der Waals surface area contributed by atoms with Gasteiger partial charge in [0.05, 0.1) is 0 Å². The first-order chi connectivity index (χ1) is 9.62. The van der Waals surface area contributed by atoms with E-state index in [-0.39, 0.29) is 23.4 Å². The molecule has 1 amide bonds. The second kappa shape index (κ2) is 6.93.